The number of aliphatic imine (C=N–C) groups is 1. The number of nitrogens with one attached hydrogen (secondary N) is 1. The number of unbranched alkanes of at least 4 members (excludes halogenated alkanes) is 1. The molecule has 204 valence electrons. The van der Waals surface area contributed by atoms with Crippen LogP contribution in [-0.2, 0) is 14.3 Å². The van der Waals surface area contributed by atoms with Gasteiger partial charge < -0.3 is 15.2 Å². The molecule has 2 aliphatic rings. The highest BCUT2D eigenvalue weighted by Crippen LogP contribution is 2.39. The lowest BCUT2D eigenvalue weighted by molar-refractivity contribution is -0.139. The first kappa shape index (κ1) is 28.1. The van der Waals surface area contributed by atoms with E-state index >= 15 is 0 Å². The molecule has 1 aromatic carbocycles. The van der Waals surface area contributed by atoms with E-state index in [4.69, 9.17) is 26.4 Å². The molecule has 3 heterocycles. The average molecular weight is 567 g/mol. The summed E-state index contributed by atoms with van der Waals surface area (Å²) >= 11 is 7.87. The molecule has 0 spiro atoms. The molecule has 1 saturated heterocycles. The van der Waals surface area contributed by atoms with Gasteiger partial charge in [-0.25, -0.2) is 18.6 Å². The Hall–Kier alpha value is -2.89. The molecule has 2 aliphatic heterocycles. The van der Waals surface area contributed by atoms with Crippen molar-refractivity contribution in [3.05, 3.63) is 62.7 Å². The maximum Gasteiger partial charge on any atom is 0.338 e. The number of ether oxygens (including phenoxy) is 1. The predicted molar refractivity (Wildman–Crippen MR) is 141 cm³/mol. The number of thiazole rings is 1. The summed E-state index contributed by atoms with van der Waals surface area (Å²) in [4.78, 5) is 34.9. The molecule has 0 bridgehead atoms. The Bertz CT molecular complexity index is 1220. The smallest absolute Gasteiger partial charge is 0.338 e. The first-order chi connectivity index (χ1) is 18.2. The van der Waals surface area contributed by atoms with Crippen molar-refractivity contribution < 1.29 is 28.2 Å². The molecule has 2 atom stereocenters. The fourth-order valence-corrected chi connectivity index (χ4v) is 5.66. The lowest BCUT2D eigenvalue weighted by atomic mass is 9.95. The molecule has 12 heteroatoms. The topological polar surface area (TPSA) is 104 Å². The third-order valence-electron chi connectivity index (χ3n) is 6.48. The van der Waals surface area contributed by atoms with Crippen LogP contribution in [0.4, 0.5) is 8.78 Å². The maximum absolute atomic E-state index is 14.6. The first-order valence-electron chi connectivity index (χ1n) is 12.4. The summed E-state index contributed by atoms with van der Waals surface area (Å²) in [5.74, 6) is -4.00. The minimum absolute atomic E-state index is 0.00399. The SMILES string of the molecule is CCOC(=O)C1=C(CN2CC(F)(F)C[C@@H]2CCCCC(=O)O)NC(c2nccs2)=N[C@H]1c1ccccc1Cl. The summed E-state index contributed by atoms with van der Waals surface area (Å²) in [6, 6.07) is 5.74. The van der Waals surface area contributed by atoms with E-state index in [1.807, 2.05) is 0 Å². The molecule has 1 fully saturated rings. The Kier molecular flexibility index (Phi) is 9.11. The molecule has 38 heavy (non-hydrogen) atoms. The van der Waals surface area contributed by atoms with Crippen molar-refractivity contribution in [2.75, 3.05) is 19.7 Å². The number of alkyl halides is 2. The largest absolute Gasteiger partial charge is 0.481 e. The van der Waals surface area contributed by atoms with Gasteiger partial charge in [-0.1, -0.05) is 36.2 Å². The number of aliphatic carboxylic acids is 1. The quantitative estimate of drug-likeness (QED) is 0.289. The van der Waals surface area contributed by atoms with Gasteiger partial charge in [0.05, 0.1) is 18.7 Å². The highest BCUT2D eigenvalue weighted by molar-refractivity contribution is 7.11. The number of likely N-dealkylation sites (tertiary alicyclic amines) is 1. The van der Waals surface area contributed by atoms with Crippen LogP contribution in [0, 0.1) is 0 Å². The summed E-state index contributed by atoms with van der Waals surface area (Å²) in [5, 5.41) is 14.9. The van der Waals surface area contributed by atoms with Crippen LogP contribution in [0.5, 0.6) is 0 Å². The first-order valence-corrected chi connectivity index (χ1v) is 13.7. The third-order valence-corrected chi connectivity index (χ3v) is 7.60. The molecule has 0 aliphatic carbocycles. The number of carbonyl (C=O) groups is 2. The van der Waals surface area contributed by atoms with Gasteiger partial charge in [-0.15, -0.1) is 11.3 Å². The third kappa shape index (κ3) is 6.75. The van der Waals surface area contributed by atoms with Crippen molar-refractivity contribution in [3.63, 3.8) is 0 Å². The van der Waals surface area contributed by atoms with Crippen LogP contribution in [-0.4, -0.2) is 64.4 Å². The van der Waals surface area contributed by atoms with Crippen molar-refractivity contribution in [1.82, 2.24) is 15.2 Å². The zero-order chi connectivity index (χ0) is 27.3. The van der Waals surface area contributed by atoms with Crippen LogP contribution >= 0.6 is 22.9 Å². The summed E-state index contributed by atoms with van der Waals surface area (Å²) in [6.07, 6.45) is 2.64. The van der Waals surface area contributed by atoms with E-state index in [0.29, 0.717) is 46.4 Å². The Morgan fingerprint density at radius 3 is 2.79 bits per heavy atom. The molecule has 0 saturated carbocycles. The van der Waals surface area contributed by atoms with E-state index in [0.717, 1.165) is 0 Å². The second kappa shape index (κ2) is 12.3. The minimum atomic E-state index is -2.90. The van der Waals surface area contributed by atoms with E-state index in [1.54, 1.807) is 47.7 Å². The number of benzene rings is 1. The summed E-state index contributed by atoms with van der Waals surface area (Å²) in [7, 11) is 0. The Morgan fingerprint density at radius 1 is 1.32 bits per heavy atom. The second-order valence-electron chi connectivity index (χ2n) is 9.24. The standard InChI is InChI=1S/C26H29ClF2N4O4S/c1-2-37-25(36)21-19(14-33-15-26(28,29)13-16(33)7-3-6-10-20(34)35)31-23(24-30-11-12-38-24)32-22(21)17-8-4-5-9-18(17)27/h4-5,8-9,11-12,16,22H,2-3,6-7,10,13-15H2,1H3,(H,31,32)(H,34,35)/t16-,22-/m0/s1. The van der Waals surface area contributed by atoms with Crippen molar-refractivity contribution in [2.45, 2.75) is 57.0 Å². The fraction of sp³-hybridized carbons (Fsp3) is 0.462. The lowest BCUT2D eigenvalue weighted by Gasteiger charge is -2.31. The Morgan fingerprint density at radius 2 is 2.11 bits per heavy atom. The van der Waals surface area contributed by atoms with E-state index in [9.17, 15) is 18.4 Å². The second-order valence-corrected chi connectivity index (χ2v) is 10.5. The van der Waals surface area contributed by atoms with E-state index in [2.05, 4.69) is 10.3 Å². The van der Waals surface area contributed by atoms with Gasteiger partial charge in [0.15, 0.2) is 10.8 Å². The van der Waals surface area contributed by atoms with Crippen LogP contribution < -0.4 is 5.32 Å². The van der Waals surface area contributed by atoms with Gasteiger partial charge in [-0.3, -0.25) is 14.7 Å². The number of halogens is 3. The van der Waals surface area contributed by atoms with E-state index in [1.165, 1.54) is 11.3 Å². The van der Waals surface area contributed by atoms with Gasteiger partial charge in [0, 0.05) is 53.3 Å². The molecule has 0 radical (unpaired) electrons. The molecule has 2 aromatic rings. The van der Waals surface area contributed by atoms with E-state index < -0.39 is 36.5 Å². The van der Waals surface area contributed by atoms with Gasteiger partial charge in [-0.05, 0) is 25.8 Å². The number of hydrogen-bond acceptors (Lipinski definition) is 8. The van der Waals surface area contributed by atoms with Gasteiger partial charge in [0.25, 0.3) is 5.92 Å². The Balaban J connectivity index is 1.71. The monoisotopic (exact) mass is 566 g/mol. The predicted octanol–water partition coefficient (Wildman–Crippen LogP) is 5.06. The summed E-state index contributed by atoms with van der Waals surface area (Å²) in [5.41, 5.74) is 1.20. The summed E-state index contributed by atoms with van der Waals surface area (Å²) < 4.78 is 34.6. The number of esters is 1. The van der Waals surface area contributed by atoms with Crippen LogP contribution in [0.1, 0.15) is 55.6 Å². The van der Waals surface area contributed by atoms with Gasteiger partial charge in [0.1, 0.15) is 6.04 Å². The normalized spacial score (nSPS) is 21.2. The summed E-state index contributed by atoms with van der Waals surface area (Å²) in [6.45, 7) is 1.37. The molecular formula is C26H29ClF2N4O4S. The number of nitrogens with zero attached hydrogens (tertiary/aromatic N) is 3. The number of hydrogen-bond donors (Lipinski definition) is 2. The number of carboxylic acid groups (broad SMARTS) is 1. The Labute approximate surface area is 228 Å². The van der Waals surface area contributed by atoms with Crippen LogP contribution in [0.3, 0.4) is 0 Å². The van der Waals surface area contributed by atoms with Crippen LogP contribution in [0.15, 0.2) is 52.1 Å². The molecule has 2 N–H and O–H groups in total. The molecular weight excluding hydrogens is 538 g/mol. The van der Waals surface area contributed by atoms with Crippen LogP contribution in [0.25, 0.3) is 0 Å². The van der Waals surface area contributed by atoms with Gasteiger partial charge >= 0.3 is 11.9 Å². The average Bonchev–Trinajstić information content (AvgIpc) is 3.49. The minimum Gasteiger partial charge on any atom is -0.481 e. The highest BCUT2D eigenvalue weighted by atomic mass is 35.5. The molecule has 8 nitrogen and oxygen atoms in total. The fourth-order valence-electron chi connectivity index (χ4n) is 4.83. The number of carbonyl (C=O) groups excluding carboxylic acids is 1. The van der Waals surface area contributed by atoms with Crippen molar-refractivity contribution in [2.24, 2.45) is 4.99 Å². The molecule has 4 rings (SSSR count). The van der Waals surface area contributed by atoms with Gasteiger partial charge in [0.2, 0.25) is 0 Å². The van der Waals surface area contributed by atoms with Crippen molar-refractivity contribution in [1.29, 1.82) is 0 Å². The lowest BCUT2D eigenvalue weighted by Crippen LogP contribution is -2.41. The van der Waals surface area contributed by atoms with E-state index in [-0.39, 0.29) is 31.6 Å². The van der Waals surface area contributed by atoms with Gasteiger partial charge in [-0.2, -0.15) is 0 Å². The number of aromatic nitrogens is 1. The molecule has 1 aromatic heterocycles. The van der Waals surface area contributed by atoms with Crippen molar-refractivity contribution in [3.8, 4) is 0 Å². The zero-order valence-electron chi connectivity index (χ0n) is 20.8. The number of carboxylic acids is 1. The van der Waals surface area contributed by atoms with Crippen molar-refractivity contribution >= 4 is 40.7 Å². The zero-order valence-corrected chi connectivity index (χ0v) is 22.4. The molecule has 0 amide bonds. The molecule has 0 unspecified atom stereocenters. The number of rotatable bonds is 11. The highest BCUT2D eigenvalue weighted by Gasteiger charge is 2.45. The maximum atomic E-state index is 14.6. The van der Waals surface area contributed by atoms with Crippen LogP contribution in [0.2, 0.25) is 5.02 Å². The number of amidine groups is 1.